The summed E-state index contributed by atoms with van der Waals surface area (Å²) < 4.78 is 0. The molecule has 62 valence electrons. The minimum atomic E-state index is 0.685. The van der Waals surface area contributed by atoms with Crippen molar-refractivity contribution in [1.29, 1.82) is 0 Å². The van der Waals surface area contributed by atoms with Gasteiger partial charge in [-0.25, -0.2) is 0 Å². The highest BCUT2D eigenvalue weighted by molar-refractivity contribution is 4.66. The first-order chi connectivity index (χ1) is 4.74. The molecule has 0 aliphatic carbocycles. The Hall–Kier alpha value is -0.0400. The Morgan fingerprint density at radius 3 is 1.80 bits per heavy atom. The maximum atomic E-state index is 3.57. The average Bonchev–Trinajstić information content (AvgIpc) is 1.99. The second kappa shape index (κ2) is 5.72. The maximum Gasteiger partial charge on any atom is 0.00642 e. The van der Waals surface area contributed by atoms with Crippen molar-refractivity contribution in [2.24, 2.45) is 0 Å². The van der Waals surface area contributed by atoms with E-state index in [1.165, 1.54) is 19.3 Å². The van der Waals surface area contributed by atoms with Gasteiger partial charge in [0, 0.05) is 12.1 Å². The normalized spacial score (nSPS) is 14.1. The van der Waals surface area contributed by atoms with Crippen LogP contribution in [0.15, 0.2) is 0 Å². The summed E-state index contributed by atoms with van der Waals surface area (Å²) in [6.07, 6.45) is 3.73. The van der Waals surface area contributed by atoms with E-state index in [-0.39, 0.29) is 0 Å². The average molecular weight is 143 g/mol. The van der Waals surface area contributed by atoms with Crippen LogP contribution in [0.25, 0.3) is 0 Å². The van der Waals surface area contributed by atoms with Gasteiger partial charge in [0.15, 0.2) is 0 Å². The first-order valence-electron chi connectivity index (χ1n) is 4.50. The van der Waals surface area contributed by atoms with Crippen molar-refractivity contribution < 1.29 is 0 Å². The van der Waals surface area contributed by atoms with Gasteiger partial charge in [0.1, 0.15) is 0 Å². The van der Waals surface area contributed by atoms with Crippen molar-refractivity contribution >= 4 is 0 Å². The second-order valence-electron chi connectivity index (χ2n) is 2.99. The summed E-state index contributed by atoms with van der Waals surface area (Å²) >= 11 is 0. The Bertz CT molecular complexity index is 67.1. The van der Waals surface area contributed by atoms with Crippen LogP contribution >= 0.6 is 0 Å². The zero-order valence-corrected chi connectivity index (χ0v) is 7.78. The minimum absolute atomic E-state index is 0.685. The number of nitrogens with one attached hydrogen (secondary N) is 1. The van der Waals surface area contributed by atoms with E-state index in [0.717, 1.165) is 6.04 Å². The van der Waals surface area contributed by atoms with Gasteiger partial charge < -0.3 is 5.32 Å². The van der Waals surface area contributed by atoms with Gasteiger partial charge in [-0.2, -0.15) is 0 Å². The highest BCUT2D eigenvalue weighted by Gasteiger charge is 2.04. The van der Waals surface area contributed by atoms with Crippen LogP contribution in [0.3, 0.4) is 0 Å². The van der Waals surface area contributed by atoms with Crippen LogP contribution in [-0.4, -0.2) is 12.1 Å². The molecule has 0 aromatic carbocycles. The van der Waals surface area contributed by atoms with Gasteiger partial charge in [-0.05, 0) is 26.2 Å². The molecular formula is C9H21N. The molecule has 0 spiro atoms. The summed E-state index contributed by atoms with van der Waals surface area (Å²) in [4.78, 5) is 0. The lowest BCUT2D eigenvalue weighted by Crippen LogP contribution is -2.35. The molecular weight excluding hydrogens is 122 g/mol. The summed E-state index contributed by atoms with van der Waals surface area (Å²) in [6, 6.07) is 1.42. The first-order valence-corrected chi connectivity index (χ1v) is 4.50. The smallest absolute Gasteiger partial charge is 0.00642 e. The van der Waals surface area contributed by atoms with Gasteiger partial charge in [-0.3, -0.25) is 0 Å². The third-order valence-electron chi connectivity index (χ3n) is 2.12. The predicted molar refractivity (Wildman–Crippen MR) is 47.3 cm³/mol. The topological polar surface area (TPSA) is 12.0 Å². The highest BCUT2D eigenvalue weighted by Crippen LogP contribution is 1.99. The quantitative estimate of drug-likeness (QED) is 0.623. The lowest BCUT2D eigenvalue weighted by atomic mass is 10.1. The molecule has 1 N–H and O–H groups in total. The van der Waals surface area contributed by atoms with E-state index in [1.807, 2.05) is 0 Å². The minimum Gasteiger partial charge on any atom is -0.312 e. The van der Waals surface area contributed by atoms with Gasteiger partial charge in [-0.15, -0.1) is 0 Å². The zero-order valence-electron chi connectivity index (χ0n) is 7.78. The monoisotopic (exact) mass is 143 g/mol. The molecule has 0 rings (SSSR count). The van der Waals surface area contributed by atoms with E-state index in [9.17, 15) is 0 Å². The van der Waals surface area contributed by atoms with Crippen LogP contribution < -0.4 is 5.32 Å². The summed E-state index contributed by atoms with van der Waals surface area (Å²) in [5, 5.41) is 3.57. The van der Waals surface area contributed by atoms with Gasteiger partial charge in [0.2, 0.25) is 0 Å². The Balaban J connectivity index is 3.41. The van der Waals surface area contributed by atoms with Crippen LogP contribution in [-0.2, 0) is 0 Å². The SMILES string of the molecule is CCC(CC)N[C@H](C)CC. The number of hydrogen-bond acceptors (Lipinski definition) is 1. The summed E-state index contributed by atoms with van der Waals surface area (Å²) in [5.74, 6) is 0. The van der Waals surface area contributed by atoms with E-state index in [0.29, 0.717) is 6.04 Å². The third-order valence-corrected chi connectivity index (χ3v) is 2.12. The van der Waals surface area contributed by atoms with Gasteiger partial charge in [0.05, 0.1) is 0 Å². The molecule has 0 radical (unpaired) electrons. The number of rotatable bonds is 5. The Labute approximate surface area is 65.2 Å². The first kappa shape index (κ1) is 9.96. The van der Waals surface area contributed by atoms with Gasteiger partial charge in [-0.1, -0.05) is 20.8 Å². The molecule has 10 heavy (non-hydrogen) atoms. The molecule has 1 heteroatoms. The Kier molecular flexibility index (Phi) is 5.70. The van der Waals surface area contributed by atoms with Crippen molar-refractivity contribution in [2.45, 2.75) is 59.0 Å². The van der Waals surface area contributed by atoms with E-state index in [4.69, 9.17) is 0 Å². The standard InChI is InChI=1S/C9H21N/c1-5-8(4)10-9(6-2)7-3/h8-10H,5-7H2,1-4H3/t8-/m1/s1. The molecule has 0 aromatic rings. The van der Waals surface area contributed by atoms with Crippen LogP contribution in [0.2, 0.25) is 0 Å². The van der Waals surface area contributed by atoms with E-state index in [1.54, 1.807) is 0 Å². The molecule has 1 atom stereocenters. The molecule has 0 aliphatic heterocycles. The molecule has 0 aliphatic rings. The molecule has 0 fully saturated rings. The van der Waals surface area contributed by atoms with E-state index >= 15 is 0 Å². The van der Waals surface area contributed by atoms with Crippen molar-refractivity contribution in [3.05, 3.63) is 0 Å². The maximum absolute atomic E-state index is 3.57. The predicted octanol–water partition coefficient (Wildman–Crippen LogP) is 2.56. The fourth-order valence-electron chi connectivity index (χ4n) is 1.04. The molecule has 0 bridgehead atoms. The third kappa shape index (κ3) is 3.89. The molecule has 0 unspecified atom stereocenters. The highest BCUT2D eigenvalue weighted by atomic mass is 14.9. The van der Waals surface area contributed by atoms with Crippen LogP contribution in [0.4, 0.5) is 0 Å². The van der Waals surface area contributed by atoms with Crippen molar-refractivity contribution in [1.82, 2.24) is 5.32 Å². The fourth-order valence-corrected chi connectivity index (χ4v) is 1.04. The van der Waals surface area contributed by atoms with E-state index in [2.05, 4.69) is 33.0 Å². The molecule has 1 nitrogen and oxygen atoms in total. The van der Waals surface area contributed by atoms with Crippen molar-refractivity contribution in [3.63, 3.8) is 0 Å². The van der Waals surface area contributed by atoms with E-state index < -0.39 is 0 Å². The summed E-state index contributed by atoms with van der Waals surface area (Å²) in [6.45, 7) is 8.95. The zero-order chi connectivity index (χ0) is 7.98. The lowest BCUT2D eigenvalue weighted by Gasteiger charge is -2.19. The van der Waals surface area contributed by atoms with Crippen molar-refractivity contribution in [3.8, 4) is 0 Å². The molecule has 0 saturated carbocycles. The van der Waals surface area contributed by atoms with Gasteiger partial charge in [0.25, 0.3) is 0 Å². The summed E-state index contributed by atoms with van der Waals surface area (Å²) in [7, 11) is 0. The lowest BCUT2D eigenvalue weighted by molar-refractivity contribution is 0.417. The Morgan fingerprint density at radius 2 is 1.50 bits per heavy atom. The largest absolute Gasteiger partial charge is 0.312 e. The number of hydrogen-bond donors (Lipinski definition) is 1. The van der Waals surface area contributed by atoms with Crippen LogP contribution in [0, 0.1) is 0 Å². The molecule has 0 aromatic heterocycles. The second-order valence-corrected chi connectivity index (χ2v) is 2.99. The molecule has 0 heterocycles. The fraction of sp³-hybridized carbons (Fsp3) is 1.00. The van der Waals surface area contributed by atoms with Gasteiger partial charge >= 0.3 is 0 Å². The molecule has 0 saturated heterocycles. The van der Waals surface area contributed by atoms with Crippen LogP contribution in [0.1, 0.15) is 47.0 Å². The molecule has 0 amide bonds. The van der Waals surface area contributed by atoms with Crippen molar-refractivity contribution in [2.75, 3.05) is 0 Å². The summed E-state index contributed by atoms with van der Waals surface area (Å²) in [5.41, 5.74) is 0. The Morgan fingerprint density at radius 1 is 1.00 bits per heavy atom. The van der Waals surface area contributed by atoms with Crippen LogP contribution in [0.5, 0.6) is 0 Å².